The Bertz CT molecular complexity index is 560. The number of halogens is 1. The van der Waals surface area contributed by atoms with Crippen molar-refractivity contribution in [3.63, 3.8) is 0 Å². The number of carboxylic acid groups (broad SMARTS) is 1. The third kappa shape index (κ3) is 5.46. The van der Waals surface area contributed by atoms with Crippen LogP contribution >= 0.6 is 11.6 Å². The van der Waals surface area contributed by atoms with Crippen molar-refractivity contribution in [1.29, 1.82) is 0 Å². The Hall–Kier alpha value is -1.31. The van der Waals surface area contributed by atoms with Gasteiger partial charge in [-0.15, -0.1) is 0 Å². The molecule has 0 aliphatic carbocycles. The number of benzene rings is 1. The van der Waals surface area contributed by atoms with E-state index in [0.29, 0.717) is 18.7 Å². The van der Waals surface area contributed by atoms with E-state index in [1.54, 1.807) is 12.1 Å². The maximum absolute atomic E-state index is 11.0. The molecule has 0 spiro atoms. The van der Waals surface area contributed by atoms with Gasteiger partial charge in [-0.05, 0) is 18.6 Å². The normalized spacial score (nSPS) is 11.3. The average Bonchev–Trinajstić information content (AvgIpc) is 2.26. The molecular formula is C11H15ClN2O4S. The summed E-state index contributed by atoms with van der Waals surface area (Å²) in [6, 6.07) is 4.76. The molecule has 0 amide bonds. The molecule has 1 rings (SSSR count). The van der Waals surface area contributed by atoms with Crippen LogP contribution in [0.1, 0.15) is 16.8 Å². The minimum Gasteiger partial charge on any atom is -0.478 e. The molecule has 0 radical (unpaired) electrons. The highest BCUT2D eigenvalue weighted by atomic mass is 35.5. The Morgan fingerprint density at radius 3 is 2.63 bits per heavy atom. The second-order valence-electron chi connectivity index (χ2n) is 3.91. The maximum Gasteiger partial charge on any atom is 0.339 e. The summed E-state index contributed by atoms with van der Waals surface area (Å²) in [5, 5.41) is 12.1. The highest BCUT2D eigenvalue weighted by Gasteiger charge is 2.13. The molecule has 0 atom stereocenters. The van der Waals surface area contributed by atoms with Crippen molar-refractivity contribution < 1.29 is 18.3 Å². The molecule has 0 aliphatic rings. The van der Waals surface area contributed by atoms with Gasteiger partial charge < -0.3 is 10.4 Å². The summed E-state index contributed by atoms with van der Waals surface area (Å²) in [7, 11) is -3.19. The molecule has 0 aromatic heterocycles. The topological polar surface area (TPSA) is 95.5 Å². The molecular weight excluding hydrogens is 292 g/mol. The molecule has 0 heterocycles. The lowest BCUT2D eigenvalue weighted by atomic mass is 10.1. The van der Waals surface area contributed by atoms with E-state index in [9.17, 15) is 13.2 Å². The predicted molar refractivity (Wildman–Crippen MR) is 74.4 cm³/mol. The second-order valence-corrected chi connectivity index (χ2v) is 6.15. The number of sulfonamides is 1. The first-order chi connectivity index (χ1) is 8.81. The van der Waals surface area contributed by atoms with Crippen LogP contribution in [0.5, 0.6) is 0 Å². The molecule has 3 N–H and O–H groups in total. The molecule has 8 heteroatoms. The van der Waals surface area contributed by atoms with E-state index in [1.807, 2.05) is 0 Å². The number of hydrogen-bond donors (Lipinski definition) is 3. The Balaban J connectivity index is 2.55. The van der Waals surface area contributed by atoms with E-state index < -0.39 is 16.0 Å². The lowest BCUT2D eigenvalue weighted by Crippen LogP contribution is -2.24. The second kappa shape index (κ2) is 6.74. The molecule has 1 aromatic rings. The minimum absolute atomic E-state index is 0.0141. The smallest absolute Gasteiger partial charge is 0.339 e. The summed E-state index contributed by atoms with van der Waals surface area (Å²) in [6.07, 6.45) is 1.61. The largest absolute Gasteiger partial charge is 0.478 e. The summed E-state index contributed by atoms with van der Waals surface area (Å²) < 4.78 is 24.0. The highest BCUT2D eigenvalue weighted by Crippen LogP contribution is 2.24. The Labute approximate surface area is 116 Å². The summed E-state index contributed by atoms with van der Waals surface area (Å²) >= 11 is 5.81. The van der Waals surface area contributed by atoms with Crippen LogP contribution in [0.4, 0.5) is 5.69 Å². The van der Waals surface area contributed by atoms with E-state index in [0.717, 1.165) is 6.26 Å². The molecule has 0 fully saturated rings. The van der Waals surface area contributed by atoms with Crippen molar-refractivity contribution >= 4 is 33.3 Å². The molecule has 6 nitrogen and oxygen atoms in total. The first kappa shape index (κ1) is 15.7. The zero-order valence-electron chi connectivity index (χ0n) is 10.3. The quantitative estimate of drug-likeness (QED) is 0.662. The van der Waals surface area contributed by atoms with Crippen molar-refractivity contribution in [2.75, 3.05) is 24.7 Å². The number of carboxylic acids is 1. The van der Waals surface area contributed by atoms with E-state index in [-0.39, 0.29) is 17.1 Å². The van der Waals surface area contributed by atoms with Crippen molar-refractivity contribution in [3.05, 3.63) is 28.8 Å². The molecule has 0 unspecified atom stereocenters. The molecule has 1 aromatic carbocycles. The van der Waals surface area contributed by atoms with E-state index in [2.05, 4.69) is 10.0 Å². The molecule has 0 saturated heterocycles. The van der Waals surface area contributed by atoms with Gasteiger partial charge in [0.2, 0.25) is 10.0 Å². The summed E-state index contributed by atoms with van der Waals surface area (Å²) in [5.74, 6) is -1.11. The lowest BCUT2D eigenvalue weighted by molar-refractivity contribution is 0.0698. The van der Waals surface area contributed by atoms with Crippen LogP contribution in [0.2, 0.25) is 5.02 Å². The van der Waals surface area contributed by atoms with Crippen LogP contribution in [0, 0.1) is 0 Å². The Kier molecular flexibility index (Phi) is 5.59. The van der Waals surface area contributed by atoms with Gasteiger partial charge in [0.05, 0.1) is 17.0 Å². The van der Waals surface area contributed by atoms with E-state index >= 15 is 0 Å². The van der Waals surface area contributed by atoms with E-state index in [1.165, 1.54) is 6.07 Å². The maximum atomic E-state index is 11.0. The van der Waals surface area contributed by atoms with Crippen molar-refractivity contribution in [2.45, 2.75) is 6.42 Å². The zero-order chi connectivity index (χ0) is 14.5. The zero-order valence-corrected chi connectivity index (χ0v) is 11.9. The Morgan fingerprint density at radius 1 is 1.37 bits per heavy atom. The SMILES string of the molecule is CS(=O)(=O)NCCCNc1cccc(Cl)c1C(=O)O. The number of aromatic carboxylic acids is 1. The van der Waals surface area contributed by atoms with Crippen LogP contribution in [-0.2, 0) is 10.0 Å². The number of hydrogen-bond acceptors (Lipinski definition) is 4. The van der Waals surface area contributed by atoms with Crippen LogP contribution < -0.4 is 10.0 Å². The number of nitrogens with one attached hydrogen (secondary N) is 2. The summed E-state index contributed by atoms with van der Waals surface area (Å²) in [5.41, 5.74) is 0.430. The third-order valence-corrected chi connectivity index (χ3v) is 3.30. The number of anilines is 1. The van der Waals surface area contributed by atoms with Gasteiger partial charge in [0.25, 0.3) is 0 Å². The predicted octanol–water partition coefficient (Wildman–Crippen LogP) is 1.39. The number of carbonyl (C=O) groups is 1. The third-order valence-electron chi connectivity index (χ3n) is 2.26. The first-order valence-corrected chi connectivity index (χ1v) is 7.78. The van der Waals surface area contributed by atoms with Gasteiger partial charge in [0.15, 0.2) is 0 Å². The van der Waals surface area contributed by atoms with Gasteiger partial charge in [0.1, 0.15) is 5.56 Å². The van der Waals surface area contributed by atoms with Crippen LogP contribution in [0.3, 0.4) is 0 Å². The minimum atomic E-state index is -3.19. The van der Waals surface area contributed by atoms with Crippen LogP contribution in [0.25, 0.3) is 0 Å². The molecule has 0 bridgehead atoms. The lowest BCUT2D eigenvalue weighted by Gasteiger charge is -2.10. The van der Waals surface area contributed by atoms with Gasteiger partial charge in [-0.3, -0.25) is 0 Å². The average molecular weight is 307 g/mol. The van der Waals surface area contributed by atoms with Crippen LogP contribution in [0.15, 0.2) is 18.2 Å². The summed E-state index contributed by atoms with van der Waals surface area (Å²) in [6.45, 7) is 0.720. The molecule has 0 aliphatic heterocycles. The fourth-order valence-electron chi connectivity index (χ4n) is 1.46. The molecule has 19 heavy (non-hydrogen) atoms. The van der Waals surface area contributed by atoms with Gasteiger partial charge in [-0.1, -0.05) is 17.7 Å². The van der Waals surface area contributed by atoms with Gasteiger partial charge in [0, 0.05) is 13.1 Å². The van der Waals surface area contributed by atoms with Gasteiger partial charge in [-0.25, -0.2) is 17.9 Å². The van der Waals surface area contributed by atoms with Crippen molar-refractivity contribution in [2.24, 2.45) is 0 Å². The Morgan fingerprint density at radius 2 is 2.05 bits per heavy atom. The van der Waals surface area contributed by atoms with Crippen LogP contribution in [-0.4, -0.2) is 38.8 Å². The highest BCUT2D eigenvalue weighted by molar-refractivity contribution is 7.88. The number of rotatable bonds is 7. The van der Waals surface area contributed by atoms with Gasteiger partial charge in [-0.2, -0.15) is 0 Å². The first-order valence-electron chi connectivity index (χ1n) is 5.51. The monoisotopic (exact) mass is 306 g/mol. The molecule has 0 saturated carbocycles. The van der Waals surface area contributed by atoms with Crippen molar-refractivity contribution in [3.8, 4) is 0 Å². The van der Waals surface area contributed by atoms with Crippen molar-refractivity contribution in [1.82, 2.24) is 4.72 Å². The fraction of sp³-hybridized carbons (Fsp3) is 0.364. The summed E-state index contributed by atoms with van der Waals surface area (Å²) in [4.78, 5) is 11.0. The molecule has 106 valence electrons. The standard InChI is InChI=1S/C11H15ClN2O4S/c1-19(17,18)14-7-3-6-13-9-5-2-4-8(12)10(9)11(15)16/h2,4-5,13-14H,3,6-7H2,1H3,(H,15,16). The van der Waals surface area contributed by atoms with E-state index in [4.69, 9.17) is 16.7 Å². The fourth-order valence-corrected chi connectivity index (χ4v) is 2.23. The van der Waals surface area contributed by atoms with Gasteiger partial charge >= 0.3 is 5.97 Å².